The predicted octanol–water partition coefficient (Wildman–Crippen LogP) is 2.44. The average molecular weight is 277 g/mol. The topological polar surface area (TPSA) is 60.8 Å². The Labute approximate surface area is 120 Å². The van der Waals surface area contributed by atoms with Crippen molar-refractivity contribution >= 4 is 5.97 Å². The van der Waals surface area contributed by atoms with Crippen LogP contribution < -0.4 is 0 Å². The molecule has 20 heavy (non-hydrogen) atoms. The number of hydrogen-bond acceptors (Lipinski definition) is 3. The Balaban J connectivity index is 2.02. The van der Waals surface area contributed by atoms with Gasteiger partial charge in [0.15, 0.2) is 0 Å². The fourth-order valence-electron chi connectivity index (χ4n) is 3.14. The molecule has 110 valence electrons. The van der Waals surface area contributed by atoms with E-state index in [9.17, 15) is 15.0 Å². The van der Waals surface area contributed by atoms with E-state index >= 15 is 0 Å². The van der Waals surface area contributed by atoms with E-state index in [4.69, 9.17) is 0 Å². The first-order valence-electron chi connectivity index (χ1n) is 7.35. The Bertz CT molecular complexity index is 435. The van der Waals surface area contributed by atoms with Gasteiger partial charge < -0.3 is 10.2 Å². The van der Waals surface area contributed by atoms with Gasteiger partial charge in [-0.05, 0) is 37.8 Å². The molecule has 0 amide bonds. The number of carboxylic acid groups (broad SMARTS) is 1. The number of hydrogen-bond donors (Lipinski definition) is 2. The molecule has 0 saturated carbocycles. The minimum Gasteiger partial charge on any atom is -0.480 e. The van der Waals surface area contributed by atoms with E-state index in [-0.39, 0.29) is 6.04 Å². The maximum absolute atomic E-state index is 11.3. The summed E-state index contributed by atoms with van der Waals surface area (Å²) in [4.78, 5) is 13.4. The van der Waals surface area contributed by atoms with Crippen molar-refractivity contribution in [2.24, 2.45) is 0 Å². The zero-order chi connectivity index (χ0) is 14.5. The van der Waals surface area contributed by atoms with Crippen LogP contribution in [0, 0.1) is 0 Å². The molecule has 4 heteroatoms. The highest BCUT2D eigenvalue weighted by molar-refractivity contribution is 5.73. The van der Waals surface area contributed by atoms with Gasteiger partial charge in [0.1, 0.15) is 6.04 Å². The molecule has 0 spiro atoms. The molecule has 1 aromatic rings. The third-order valence-electron chi connectivity index (χ3n) is 4.17. The van der Waals surface area contributed by atoms with Crippen LogP contribution in [-0.4, -0.2) is 39.7 Å². The summed E-state index contributed by atoms with van der Waals surface area (Å²) in [7, 11) is 0. The molecule has 2 rings (SSSR count). The zero-order valence-electron chi connectivity index (χ0n) is 11.9. The minimum atomic E-state index is -0.756. The van der Waals surface area contributed by atoms with Gasteiger partial charge >= 0.3 is 5.97 Å². The van der Waals surface area contributed by atoms with Crippen LogP contribution in [0.2, 0.25) is 0 Å². The SMILES string of the molecule is CC[C@H](C(=O)O)N1CCC[C@H]1C[C@H](O)c1ccccc1. The Morgan fingerprint density at radius 2 is 2.10 bits per heavy atom. The molecule has 1 aromatic carbocycles. The molecular weight excluding hydrogens is 254 g/mol. The number of rotatable bonds is 6. The third kappa shape index (κ3) is 3.38. The van der Waals surface area contributed by atoms with Gasteiger partial charge in [0.2, 0.25) is 0 Å². The molecule has 1 aliphatic heterocycles. The van der Waals surface area contributed by atoms with E-state index in [0.29, 0.717) is 12.8 Å². The summed E-state index contributed by atoms with van der Waals surface area (Å²) in [5.74, 6) is -0.756. The summed E-state index contributed by atoms with van der Waals surface area (Å²) in [5.41, 5.74) is 0.905. The Morgan fingerprint density at radius 3 is 2.70 bits per heavy atom. The van der Waals surface area contributed by atoms with Gasteiger partial charge in [-0.15, -0.1) is 0 Å². The van der Waals surface area contributed by atoms with Crippen molar-refractivity contribution in [1.82, 2.24) is 4.90 Å². The predicted molar refractivity (Wildman–Crippen MR) is 77.5 cm³/mol. The van der Waals surface area contributed by atoms with Crippen molar-refractivity contribution < 1.29 is 15.0 Å². The lowest BCUT2D eigenvalue weighted by molar-refractivity contribution is -0.144. The summed E-state index contributed by atoms with van der Waals surface area (Å²) in [6.45, 7) is 2.72. The van der Waals surface area contributed by atoms with Crippen molar-refractivity contribution in [3.8, 4) is 0 Å². The second kappa shape index (κ2) is 6.86. The molecule has 1 saturated heterocycles. The summed E-state index contributed by atoms with van der Waals surface area (Å²) in [6, 6.07) is 9.32. The van der Waals surface area contributed by atoms with Crippen molar-refractivity contribution in [2.75, 3.05) is 6.54 Å². The Morgan fingerprint density at radius 1 is 1.40 bits per heavy atom. The van der Waals surface area contributed by atoms with Crippen molar-refractivity contribution in [3.63, 3.8) is 0 Å². The Hall–Kier alpha value is -1.39. The number of carboxylic acids is 1. The molecule has 0 aromatic heterocycles. The second-order valence-corrected chi connectivity index (χ2v) is 5.46. The highest BCUT2D eigenvalue weighted by Crippen LogP contribution is 2.29. The normalized spacial score (nSPS) is 22.6. The number of carbonyl (C=O) groups is 1. The van der Waals surface area contributed by atoms with Crippen LogP contribution in [0.5, 0.6) is 0 Å². The number of aliphatic carboxylic acids is 1. The largest absolute Gasteiger partial charge is 0.480 e. The Kier molecular flexibility index (Phi) is 5.15. The summed E-state index contributed by atoms with van der Waals surface area (Å²) in [6.07, 6.45) is 2.66. The van der Waals surface area contributed by atoms with Crippen LogP contribution >= 0.6 is 0 Å². The lowest BCUT2D eigenvalue weighted by atomic mass is 9.99. The number of aliphatic hydroxyl groups excluding tert-OH is 1. The summed E-state index contributed by atoms with van der Waals surface area (Å²) < 4.78 is 0. The molecule has 1 fully saturated rings. The highest BCUT2D eigenvalue weighted by Gasteiger charge is 2.34. The molecule has 1 aliphatic rings. The van der Waals surface area contributed by atoms with E-state index in [1.54, 1.807) is 0 Å². The highest BCUT2D eigenvalue weighted by atomic mass is 16.4. The fourth-order valence-corrected chi connectivity index (χ4v) is 3.14. The molecule has 0 aliphatic carbocycles. The smallest absolute Gasteiger partial charge is 0.320 e. The van der Waals surface area contributed by atoms with Crippen LogP contribution in [0.3, 0.4) is 0 Å². The summed E-state index contributed by atoms with van der Waals surface area (Å²) in [5, 5.41) is 19.6. The maximum atomic E-state index is 11.3. The van der Waals surface area contributed by atoms with Crippen molar-refractivity contribution in [3.05, 3.63) is 35.9 Å². The molecular formula is C16H23NO3. The van der Waals surface area contributed by atoms with Crippen LogP contribution in [0.1, 0.15) is 44.3 Å². The van der Waals surface area contributed by atoms with Gasteiger partial charge in [0.25, 0.3) is 0 Å². The van der Waals surface area contributed by atoms with E-state index in [1.807, 2.05) is 37.3 Å². The molecule has 3 atom stereocenters. The van der Waals surface area contributed by atoms with Gasteiger partial charge in [-0.1, -0.05) is 37.3 Å². The first-order chi connectivity index (χ1) is 9.63. The quantitative estimate of drug-likeness (QED) is 0.838. The first kappa shape index (κ1) is 15.0. The summed E-state index contributed by atoms with van der Waals surface area (Å²) >= 11 is 0. The number of likely N-dealkylation sites (tertiary alicyclic amines) is 1. The van der Waals surface area contributed by atoms with Crippen LogP contribution in [0.15, 0.2) is 30.3 Å². The van der Waals surface area contributed by atoms with Crippen LogP contribution in [-0.2, 0) is 4.79 Å². The van der Waals surface area contributed by atoms with Crippen LogP contribution in [0.25, 0.3) is 0 Å². The zero-order valence-corrected chi connectivity index (χ0v) is 11.9. The van der Waals surface area contributed by atoms with Crippen molar-refractivity contribution in [1.29, 1.82) is 0 Å². The fraction of sp³-hybridized carbons (Fsp3) is 0.562. The molecule has 2 N–H and O–H groups in total. The number of nitrogens with zero attached hydrogens (tertiary/aromatic N) is 1. The van der Waals surface area contributed by atoms with Gasteiger partial charge in [0, 0.05) is 6.04 Å². The van der Waals surface area contributed by atoms with E-state index in [2.05, 4.69) is 4.90 Å². The monoisotopic (exact) mass is 277 g/mol. The molecule has 0 radical (unpaired) electrons. The van der Waals surface area contributed by atoms with E-state index in [1.165, 1.54) is 0 Å². The van der Waals surface area contributed by atoms with E-state index in [0.717, 1.165) is 24.9 Å². The second-order valence-electron chi connectivity index (χ2n) is 5.46. The molecule has 0 bridgehead atoms. The lowest BCUT2D eigenvalue weighted by Crippen LogP contribution is -2.44. The molecule has 0 unspecified atom stereocenters. The number of benzene rings is 1. The minimum absolute atomic E-state index is 0.159. The number of aliphatic hydroxyl groups is 1. The van der Waals surface area contributed by atoms with Gasteiger partial charge in [0.05, 0.1) is 6.10 Å². The maximum Gasteiger partial charge on any atom is 0.320 e. The van der Waals surface area contributed by atoms with Crippen LogP contribution in [0.4, 0.5) is 0 Å². The standard InChI is InChI=1S/C16H23NO3/c1-2-14(16(19)20)17-10-6-9-13(17)11-15(18)12-7-4-3-5-8-12/h3-5,7-8,13-15,18H,2,6,9-11H2,1H3,(H,19,20)/t13-,14+,15-/m0/s1. The van der Waals surface area contributed by atoms with Crippen molar-refractivity contribution in [2.45, 2.75) is 50.8 Å². The molecule has 1 heterocycles. The first-order valence-corrected chi connectivity index (χ1v) is 7.35. The van der Waals surface area contributed by atoms with E-state index < -0.39 is 18.1 Å². The average Bonchev–Trinajstić information content (AvgIpc) is 2.88. The van der Waals surface area contributed by atoms with Gasteiger partial charge in [-0.2, -0.15) is 0 Å². The van der Waals surface area contributed by atoms with Gasteiger partial charge in [-0.3, -0.25) is 9.69 Å². The molecule has 4 nitrogen and oxygen atoms in total. The third-order valence-corrected chi connectivity index (χ3v) is 4.17. The van der Waals surface area contributed by atoms with Gasteiger partial charge in [-0.25, -0.2) is 0 Å². The lowest BCUT2D eigenvalue weighted by Gasteiger charge is -2.31.